The molecule has 0 aromatic heterocycles. The van der Waals surface area contributed by atoms with Crippen molar-refractivity contribution in [3.05, 3.63) is 57.0 Å². The minimum Gasteiger partial charge on any atom is -0.496 e. The molecule has 0 spiro atoms. The molecule has 7 heteroatoms. The summed E-state index contributed by atoms with van der Waals surface area (Å²) in [6.07, 6.45) is 2.94. The first-order valence-corrected chi connectivity index (χ1v) is 7.94. The molecule has 2 aromatic rings. The first kappa shape index (κ1) is 18.5. The lowest BCUT2D eigenvalue weighted by Crippen LogP contribution is -2.08. The molecule has 24 heavy (non-hydrogen) atoms. The molecule has 0 aliphatic heterocycles. The van der Waals surface area contributed by atoms with Gasteiger partial charge in [-0.1, -0.05) is 40.9 Å². The van der Waals surface area contributed by atoms with E-state index >= 15 is 0 Å². The van der Waals surface area contributed by atoms with Crippen LogP contribution in [-0.4, -0.2) is 20.1 Å². The average molecular weight is 387 g/mol. The molecule has 2 aromatic carbocycles. The van der Waals surface area contributed by atoms with Crippen LogP contribution in [0.2, 0.25) is 15.1 Å². The van der Waals surface area contributed by atoms with Crippen molar-refractivity contribution < 1.29 is 14.3 Å². The SMILES string of the molecule is COc1cccc(OC)c1/C=C/C(=O)Nc1cc(Cl)c(Cl)cc1Cl. The fourth-order valence-corrected chi connectivity index (χ4v) is 2.59. The molecule has 0 aliphatic carbocycles. The molecular formula is C17H14Cl3NO3. The van der Waals surface area contributed by atoms with Gasteiger partial charge in [0, 0.05) is 6.08 Å². The largest absolute Gasteiger partial charge is 0.496 e. The maximum Gasteiger partial charge on any atom is 0.248 e. The Labute approximate surface area is 154 Å². The third-order valence-corrected chi connectivity index (χ3v) is 4.17. The molecule has 0 heterocycles. The fraction of sp³-hybridized carbons (Fsp3) is 0.118. The van der Waals surface area contributed by atoms with Gasteiger partial charge in [-0.25, -0.2) is 0 Å². The van der Waals surface area contributed by atoms with Gasteiger partial charge in [-0.3, -0.25) is 4.79 Å². The maximum absolute atomic E-state index is 12.1. The molecule has 4 nitrogen and oxygen atoms in total. The summed E-state index contributed by atoms with van der Waals surface area (Å²) in [7, 11) is 3.09. The van der Waals surface area contributed by atoms with Gasteiger partial charge in [0.1, 0.15) is 11.5 Å². The number of carbonyl (C=O) groups is 1. The highest BCUT2D eigenvalue weighted by Gasteiger charge is 2.10. The first-order chi connectivity index (χ1) is 11.5. The summed E-state index contributed by atoms with van der Waals surface area (Å²) in [5.74, 6) is 0.792. The van der Waals surface area contributed by atoms with Gasteiger partial charge in [0.2, 0.25) is 5.91 Å². The van der Waals surface area contributed by atoms with Crippen molar-refractivity contribution in [2.45, 2.75) is 0 Å². The van der Waals surface area contributed by atoms with Gasteiger partial charge < -0.3 is 14.8 Å². The Hall–Kier alpha value is -1.88. The van der Waals surface area contributed by atoms with Gasteiger partial charge in [0.25, 0.3) is 0 Å². The van der Waals surface area contributed by atoms with Gasteiger partial charge >= 0.3 is 0 Å². The molecule has 126 valence electrons. The monoisotopic (exact) mass is 385 g/mol. The van der Waals surface area contributed by atoms with Crippen LogP contribution < -0.4 is 14.8 Å². The van der Waals surface area contributed by atoms with Crippen molar-refractivity contribution in [1.82, 2.24) is 0 Å². The summed E-state index contributed by atoms with van der Waals surface area (Å²) >= 11 is 17.8. The van der Waals surface area contributed by atoms with E-state index in [4.69, 9.17) is 44.3 Å². The van der Waals surface area contributed by atoms with E-state index in [2.05, 4.69) is 5.32 Å². The van der Waals surface area contributed by atoms with Crippen molar-refractivity contribution in [1.29, 1.82) is 0 Å². The number of ether oxygens (including phenoxy) is 2. The zero-order valence-corrected chi connectivity index (χ0v) is 15.2. The highest BCUT2D eigenvalue weighted by Crippen LogP contribution is 2.32. The van der Waals surface area contributed by atoms with Crippen LogP contribution in [0.1, 0.15) is 5.56 Å². The van der Waals surface area contributed by atoms with E-state index in [0.29, 0.717) is 37.8 Å². The number of carbonyl (C=O) groups excluding carboxylic acids is 1. The minimum absolute atomic E-state index is 0.293. The predicted octanol–water partition coefficient (Wildman–Crippen LogP) is 5.32. The molecule has 0 atom stereocenters. The van der Waals surface area contributed by atoms with E-state index in [1.54, 1.807) is 38.5 Å². The minimum atomic E-state index is -0.386. The van der Waals surface area contributed by atoms with E-state index in [-0.39, 0.29) is 5.91 Å². The van der Waals surface area contributed by atoms with Gasteiger partial charge in [-0.15, -0.1) is 0 Å². The zero-order valence-electron chi connectivity index (χ0n) is 12.9. The van der Waals surface area contributed by atoms with E-state index in [9.17, 15) is 4.79 Å². The second-order valence-corrected chi connectivity index (χ2v) is 5.87. The van der Waals surface area contributed by atoms with Gasteiger partial charge in [0.15, 0.2) is 0 Å². The van der Waals surface area contributed by atoms with Crippen LogP contribution in [-0.2, 0) is 4.79 Å². The van der Waals surface area contributed by atoms with Crippen LogP contribution in [0, 0.1) is 0 Å². The number of benzene rings is 2. The average Bonchev–Trinajstić information content (AvgIpc) is 2.57. The van der Waals surface area contributed by atoms with E-state index in [0.717, 1.165) is 0 Å². The van der Waals surface area contributed by atoms with Crippen LogP contribution in [0.4, 0.5) is 5.69 Å². The van der Waals surface area contributed by atoms with Crippen molar-refractivity contribution >= 4 is 52.5 Å². The Morgan fingerprint density at radius 2 is 1.58 bits per heavy atom. The number of hydrogen-bond donors (Lipinski definition) is 1. The molecular weight excluding hydrogens is 373 g/mol. The molecule has 0 aliphatic rings. The Morgan fingerprint density at radius 3 is 2.17 bits per heavy atom. The number of methoxy groups -OCH3 is 2. The molecule has 0 unspecified atom stereocenters. The van der Waals surface area contributed by atoms with Crippen molar-refractivity contribution in [3.8, 4) is 11.5 Å². The number of anilines is 1. The van der Waals surface area contributed by atoms with E-state index in [1.807, 2.05) is 0 Å². The van der Waals surface area contributed by atoms with Gasteiger partial charge in [-0.2, -0.15) is 0 Å². The lowest BCUT2D eigenvalue weighted by atomic mass is 10.1. The zero-order chi connectivity index (χ0) is 17.7. The lowest BCUT2D eigenvalue weighted by molar-refractivity contribution is -0.111. The molecule has 1 N–H and O–H groups in total. The highest BCUT2D eigenvalue weighted by atomic mass is 35.5. The second-order valence-electron chi connectivity index (χ2n) is 4.64. The smallest absolute Gasteiger partial charge is 0.248 e. The Bertz CT molecular complexity index is 769. The number of rotatable bonds is 5. The maximum atomic E-state index is 12.1. The number of hydrogen-bond acceptors (Lipinski definition) is 3. The fourth-order valence-electron chi connectivity index (χ4n) is 2.00. The summed E-state index contributed by atoms with van der Waals surface area (Å²) < 4.78 is 10.5. The van der Waals surface area contributed by atoms with Crippen molar-refractivity contribution in [2.24, 2.45) is 0 Å². The van der Waals surface area contributed by atoms with Crippen LogP contribution in [0.25, 0.3) is 6.08 Å². The topological polar surface area (TPSA) is 47.6 Å². The standard InChI is InChI=1S/C17H14Cl3NO3/c1-23-15-4-3-5-16(24-2)10(15)6-7-17(22)21-14-9-12(19)11(18)8-13(14)20/h3-9H,1-2H3,(H,21,22)/b7-6+. The normalized spacial score (nSPS) is 10.7. The lowest BCUT2D eigenvalue weighted by Gasteiger charge is -2.10. The van der Waals surface area contributed by atoms with Crippen molar-refractivity contribution in [3.63, 3.8) is 0 Å². The van der Waals surface area contributed by atoms with E-state index in [1.165, 1.54) is 18.2 Å². The second kappa shape index (κ2) is 8.29. The highest BCUT2D eigenvalue weighted by molar-refractivity contribution is 6.44. The Kier molecular flexibility index (Phi) is 6.37. The van der Waals surface area contributed by atoms with E-state index < -0.39 is 0 Å². The molecule has 0 saturated heterocycles. The van der Waals surface area contributed by atoms with Crippen molar-refractivity contribution in [2.75, 3.05) is 19.5 Å². The van der Waals surface area contributed by atoms with Crippen LogP contribution in [0.15, 0.2) is 36.4 Å². The number of halogens is 3. The number of nitrogens with one attached hydrogen (secondary N) is 1. The summed E-state index contributed by atoms with van der Waals surface area (Å²) in [6, 6.07) is 8.30. The summed E-state index contributed by atoms with van der Waals surface area (Å²) in [4.78, 5) is 12.1. The Balaban J connectivity index is 2.22. The molecule has 1 amide bonds. The third-order valence-electron chi connectivity index (χ3n) is 3.14. The van der Waals surface area contributed by atoms with Crippen LogP contribution >= 0.6 is 34.8 Å². The van der Waals surface area contributed by atoms with Crippen LogP contribution in [0.5, 0.6) is 11.5 Å². The van der Waals surface area contributed by atoms with Gasteiger partial charge in [0.05, 0.1) is 40.5 Å². The van der Waals surface area contributed by atoms with Crippen LogP contribution in [0.3, 0.4) is 0 Å². The predicted molar refractivity (Wildman–Crippen MR) is 98.7 cm³/mol. The molecule has 0 radical (unpaired) electrons. The van der Waals surface area contributed by atoms with Gasteiger partial charge in [-0.05, 0) is 30.3 Å². The molecule has 0 saturated carbocycles. The summed E-state index contributed by atoms with van der Waals surface area (Å²) in [5.41, 5.74) is 1.02. The molecule has 2 rings (SSSR count). The summed E-state index contributed by atoms with van der Waals surface area (Å²) in [6.45, 7) is 0. The Morgan fingerprint density at radius 1 is 1.00 bits per heavy atom. The molecule has 0 bridgehead atoms. The third kappa shape index (κ3) is 4.35. The number of amides is 1. The summed E-state index contributed by atoms with van der Waals surface area (Å²) in [5, 5.41) is 3.55. The molecule has 0 fully saturated rings. The quantitative estimate of drug-likeness (QED) is 0.559. The first-order valence-electron chi connectivity index (χ1n) is 6.81.